The number of aromatic nitrogens is 1. The number of hydrogen-bond donors (Lipinski definition) is 0. The fourth-order valence-corrected chi connectivity index (χ4v) is 2.54. The van der Waals surface area contributed by atoms with Gasteiger partial charge in [0.15, 0.2) is 0 Å². The van der Waals surface area contributed by atoms with Gasteiger partial charge in [0.1, 0.15) is 0 Å². The second-order valence-corrected chi connectivity index (χ2v) is 4.93. The maximum atomic E-state index is 12.6. The smallest absolute Gasteiger partial charge is 0.259 e. The molecular formula is C16H16N2O. The van der Waals surface area contributed by atoms with Crippen LogP contribution < -0.4 is 4.90 Å². The first-order valence-corrected chi connectivity index (χ1v) is 6.57. The molecule has 1 aliphatic rings. The number of carbonyl (C=O) groups excluding carboxylic acids is 1. The van der Waals surface area contributed by atoms with Gasteiger partial charge in [-0.15, -0.1) is 0 Å². The SMILES string of the molecule is Cc1ccc2c(c1)N(C(=O)c1cccnc1)CCC2. The summed E-state index contributed by atoms with van der Waals surface area (Å²) in [5.74, 6) is 0.0413. The number of fused-ring (bicyclic) bond motifs is 1. The third-order valence-electron chi connectivity index (χ3n) is 3.51. The van der Waals surface area contributed by atoms with Crippen molar-refractivity contribution in [3.63, 3.8) is 0 Å². The van der Waals surface area contributed by atoms with E-state index < -0.39 is 0 Å². The van der Waals surface area contributed by atoms with Crippen molar-refractivity contribution in [2.24, 2.45) is 0 Å². The molecule has 3 nitrogen and oxygen atoms in total. The molecule has 1 aromatic heterocycles. The minimum Gasteiger partial charge on any atom is -0.308 e. The number of rotatable bonds is 1. The van der Waals surface area contributed by atoms with E-state index in [0.29, 0.717) is 5.56 Å². The third-order valence-corrected chi connectivity index (χ3v) is 3.51. The molecule has 19 heavy (non-hydrogen) atoms. The normalized spacial score (nSPS) is 14.1. The second-order valence-electron chi connectivity index (χ2n) is 4.93. The Hall–Kier alpha value is -2.16. The molecule has 0 aliphatic carbocycles. The van der Waals surface area contributed by atoms with Gasteiger partial charge in [0, 0.05) is 24.6 Å². The Bertz CT molecular complexity index is 607. The van der Waals surface area contributed by atoms with Crippen LogP contribution in [0.1, 0.15) is 27.9 Å². The van der Waals surface area contributed by atoms with Gasteiger partial charge in [-0.25, -0.2) is 0 Å². The molecule has 0 fully saturated rings. The number of benzene rings is 1. The van der Waals surface area contributed by atoms with Gasteiger partial charge in [-0.05, 0) is 49.1 Å². The van der Waals surface area contributed by atoms with Crippen molar-refractivity contribution in [2.45, 2.75) is 19.8 Å². The molecule has 96 valence electrons. The summed E-state index contributed by atoms with van der Waals surface area (Å²) in [5.41, 5.74) is 4.15. The van der Waals surface area contributed by atoms with E-state index in [1.54, 1.807) is 18.5 Å². The van der Waals surface area contributed by atoms with E-state index in [2.05, 4.69) is 30.1 Å². The number of hydrogen-bond acceptors (Lipinski definition) is 2. The molecule has 2 aromatic rings. The van der Waals surface area contributed by atoms with Crippen molar-refractivity contribution < 1.29 is 4.79 Å². The van der Waals surface area contributed by atoms with Gasteiger partial charge in [0.25, 0.3) is 5.91 Å². The van der Waals surface area contributed by atoms with Gasteiger partial charge in [-0.2, -0.15) is 0 Å². The number of carbonyl (C=O) groups is 1. The van der Waals surface area contributed by atoms with Crippen molar-refractivity contribution in [1.29, 1.82) is 0 Å². The summed E-state index contributed by atoms with van der Waals surface area (Å²) in [7, 11) is 0. The first-order chi connectivity index (χ1) is 9.25. The molecule has 2 heterocycles. The molecule has 0 unspecified atom stereocenters. The zero-order valence-corrected chi connectivity index (χ0v) is 11.0. The number of amides is 1. The maximum absolute atomic E-state index is 12.6. The lowest BCUT2D eigenvalue weighted by Gasteiger charge is -2.29. The van der Waals surface area contributed by atoms with Crippen LogP contribution in [-0.2, 0) is 6.42 Å². The summed E-state index contributed by atoms with van der Waals surface area (Å²) >= 11 is 0. The van der Waals surface area contributed by atoms with Gasteiger partial charge in [0.2, 0.25) is 0 Å². The number of pyridine rings is 1. The van der Waals surface area contributed by atoms with Crippen LogP contribution in [0.15, 0.2) is 42.7 Å². The van der Waals surface area contributed by atoms with Crippen molar-refractivity contribution in [1.82, 2.24) is 4.98 Å². The number of aryl methyl sites for hydroxylation is 2. The highest BCUT2D eigenvalue weighted by atomic mass is 16.2. The van der Waals surface area contributed by atoms with E-state index in [1.165, 1.54) is 11.1 Å². The lowest BCUT2D eigenvalue weighted by molar-refractivity contribution is 0.0985. The lowest BCUT2D eigenvalue weighted by Crippen LogP contribution is -2.35. The largest absolute Gasteiger partial charge is 0.308 e. The van der Waals surface area contributed by atoms with E-state index >= 15 is 0 Å². The summed E-state index contributed by atoms with van der Waals surface area (Å²) in [6.45, 7) is 2.84. The summed E-state index contributed by atoms with van der Waals surface area (Å²) in [5, 5.41) is 0. The van der Waals surface area contributed by atoms with Crippen LogP contribution in [0.5, 0.6) is 0 Å². The molecule has 0 radical (unpaired) electrons. The average molecular weight is 252 g/mol. The predicted octanol–water partition coefficient (Wildman–Crippen LogP) is 2.98. The molecule has 0 atom stereocenters. The Kier molecular flexibility index (Phi) is 3.03. The summed E-state index contributed by atoms with van der Waals surface area (Å²) in [6, 6.07) is 9.96. The summed E-state index contributed by atoms with van der Waals surface area (Å²) in [4.78, 5) is 18.5. The molecule has 3 rings (SSSR count). The van der Waals surface area contributed by atoms with Gasteiger partial charge in [0.05, 0.1) is 5.56 Å². The van der Waals surface area contributed by atoms with Crippen LogP contribution in [0.2, 0.25) is 0 Å². The molecule has 1 aliphatic heterocycles. The second kappa shape index (κ2) is 4.84. The van der Waals surface area contributed by atoms with Crippen LogP contribution in [-0.4, -0.2) is 17.4 Å². The molecule has 3 heteroatoms. The quantitative estimate of drug-likeness (QED) is 0.781. The van der Waals surface area contributed by atoms with Crippen LogP contribution >= 0.6 is 0 Å². The van der Waals surface area contributed by atoms with Crippen LogP contribution in [0.4, 0.5) is 5.69 Å². The molecule has 0 spiro atoms. The minimum atomic E-state index is 0.0413. The van der Waals surface area contributed by atoms with Crippen LogP contribution in [0.3, 0.4) is 0 Å². The van der Waals surface area contributed by atoms with E-state index in [9.17, 15) is 4.79 Å². The van der Waals surface area contributed by atoms with E-state index in [1.807, 2.05) is 11.0 Å². The van der Waals surface area contributed by atoms with Crippen molar-refractivity contribution in [3.05, 3.63) is 59.4 Å². The first-order valence-electron chi connectivity index (χ1n) is 6.57. The summed E-state index contributed by atoms with van der Waals surface area (Å²) < 4.78 is 0. The molecule has 0 saturated carbocycles. The molecule has 1 amide bonds. The Morgan fingerprint density at radius 1 is 1.32 bits per heavy atom. The predicted molar refractivity (Wildman–Crippen MR) is 75.4 cm³/mol. The van der Waals surface area contributed by atoms with Crippen molar-refractivity contribution in [3.8, 4) is 0 Å². The lowest BCUT2D eigenvalue weighted by atomic mass is 9.99. The topological polar surface area (TPSA) is 33.2 Å². The Balaban J connectivity index is 2.00. The maximum Gasteiger partial charge on any atom is 0.259 e. The Morgan fingerprint density at radius 3 is 3.00 bits per heavy atom. The van der Waals surface area contributed by atoms with Crippen molar-refractivity contribution >= 4 is 11.6 Å². The Labute approximate surface area is 112 Å². The highest BCUT2D eigenvalue weighted by Gasteiger charge is 2.23. The summed E-state index contributed by atoms with van der Waals surface area (Å²) in [6.07, 6.45) is 5.38. The highest BCUT2D eigenvalue weighted by molar-refractivity contribution is 6.06. The Morgan fingerprint density at radius 2 is 2.21 bits per heavy atom. The molecule has 0 bridgehead atoms. The molecule has 1 aromatic carbocycles. The minimum absolute atomic E-state index is 0.0413. The zero-order valence-electron chi connectivity index (χ0n) is 11.0. The fourth-order valence-electron chi connectivity index (χ4n) is 2.54. The van der Waals surface area contributed by atoms with E-state index in [-0.39, 0.29) is 5.91 Å². The zero-order chi connectivity index (χ0) is 13.2. The number of nitrogens with zero attached hydrogens (tertiary/aromatic N) is 2. The van der Waals surface area contributed by atoms with Gasteiger partial charge in [-0.3, -0.25) is 9.78 Å². The van der Waals surface area contributed by atoms with Crippen LogP contribution in [0, 0.1) is 6.92 Å². The average Bonchev–Trinajstić information content (AvgIpc) is 2.47. The first kappa shape index (κ1) is 11.9. The highest BCUT2D eigenvalue weighted by Crippen LogP contribution is 2.29. The molecule has 0 N–H and O–H groups in total. The fraction of sp³-hybridized carbons (Fsp3) is 0.250. The third kappa shape index (κ3) is 2.24. The monoisotopic (exact) mass is 252 g/mol. The van der Waals surface area contributed by atoms with Gasteiger partial charge < -0.3 is 4.90 Å². The molecular weight excluding hydrogens is 236 g/mol. The van der Waals surface area contributed by atoms with E-state index in [4.69, 9.17) is 0 Å². The van der Waals surface area contributed by atoms with Gasteiger partial charge >= 0.3 is 0 Å². The molecule has 0 saturated heterocycles. The standard InChI is InChI=1S/C16H16N2O/c1-12-6-7-13-5-3-9-18(15(13)10-12)16(19)14-4-2-8-17-11-14/h2,4,6-8,10-11H,3,5,9H2,1H3. The van der Waals surface area contributed by atoms with E-state index in [0.717, 1.165) is 25.1 Å². The number of anilines is 1. The van der Waals surface area contributed by atoms with Gasteiger partial charge in [-0.1, -0.05) is 12.1 Å². The van der Waals surface area contributed by atoms with Crippen LogP contribution in [0.25, 0.3) is 0 Å². The van der Waals surface area contributed by atoms with Crippen molar-refractivity contribution in [2.75, 3.05) is 11.4 Å².